The number of amides is 2. The Bertz CT molecular complexity index is 1780. The molecule has 0 radical (unpaired) electrons. The minimum Gasteiger partial charge on any atom is -0.352 e. The van der Waals surface area contributed by atoms with E-state index < -0.39 is 28.5 Å². The van der Waals surface area contributed by atoms with Crippen LogP contribution in [-0.4, -0.2) is 43.8 Å². The van der Waals surface area contributed by atoms with Crippen LogP contribution in [0.4, 0.5) is 5.69 Å². The van der Waals surface area contributed by atoms with Crippen LogP contribution < -0.4 is 9.62 Å². The molecule has 0 spiro atoms. The van der Waals surface area contributed by atoms with Crippen molar-refractivity contribution in [1.82, 2.24) is 10.2 Å². The molecule has 0 aliphatic heterocycles. The quantitative estimate of drug-likeness (QED) is 0.171. The fourth-order valence-corrected chi connectivity index (χ4v) is 7.13. The summed E-state index contributed by atoms with van der Waals surface area (Å²) in [5.74, 6) is -0.970. The van der Waals surface area contributed by atoms with E-state index >= 15 is 0 Å². The Morgan fingerprint density at radius 3 is 2.02 bits per heavy atom. The molecular formula is C36H39Cl2N3O4S. The number of hydrogen-bond acceptors (Lipinski definition) is 4. The average molecular weight is 681 g/mol. The van der Waals surface area contributed by atoms with Crippen LogP contribution in [0.3, 0.4) is 0 Å². The predicted octanol–water partition coefficient (Wildman–Crippen LogP) is 7.28. The molecule has 46 heavy (non-hydrogen) atoms. The van der Waals surface area contributed by atoms with Gasteiger partial charge in [-0.2, -0.15) is 0 Å². The van der Waals surface area contributed by atoms with Gasteiger partial charge in [0.2, 0.25) is 11.8 Å². The predicted molar refractivity (Wildman–Crippen MR) is 186 cm³/mol. The van der Waals surface area contributed by atoms with Gasteiger partial charge >= 0.3 is 0 Å². The normalized spacial score (nSPS) is 12.1. The number of sulfonamides is 1. The first kappa shape index (κ1) is 35.0. The van der Waals surface area contributed by atoms with Crippen molar-refractivity contribution >= 4 is 50.7 Å². The smallest absolute Gasteiger partial charge is 0.264 e. The molecule has 2 amide bonds. The number of carbonyl (C=O) groups is 2. The highest BCUT2D eigenvalue weighted by Crippen LogP contribution is 2.31. The van der Waals surface area contributed by atoms with Crippen LogP contribution in [0.5, 0.6) is 0 Å². The number of halogens is 2. The zero-order chi connectivity index (χ0) is 33.6. The van der Waals surface area contributed by atoms with E-state index in [1.807, 2.05) is 71.0 Å². The van der Waals surface area contributed by atoms with Crippen molar-refractivity contribution in [3.63, 3.8) is 0 Å². The molecule has 0 fully saturated rings. The Morgan fingerprint density at radius 1 is 0.804 bits per heavy atom. The Balaban J connectivity index is 1.87. The van der Waals surface area contributed by atoms with Gasteiger partial charge in [-0.25, -0.2) is 8.42 Å². The Morgan fingerprint density at radius 2 is 1.41 bits per heavy atom. The third kappa shape index (κ3) is 8.29. The standard InChI is InChI=1S/C36H39Cl2N3O4S/c1-24(2)39-36(43)34(21-28-12-7-6-8-13-28)40(22-30-31(37)14-10-15-32(30)38)35(42)23-41(33-16-9-11-26(4)27(33)5)46(44,45)29-19-17-25(3)18-20-29/h6-20,24,34H,21-23H2,1-5H3,(H,39,43)/t34-/m0/s1. The van der Waals surface area contributed by atoms with Crippen molar-refractivity contribution in [3.05, 3.63) is 129 Å². The molecule has 0 aliphatic rings. The van der Waals surface area contributed by atoms with E-state index in [1.165, 1.54) is 17.0 Å². The first-order valence-corrected chi connectivity index (χ1v) is 17.2. The molecule has 1 N–H and O–H groups in total. The number of aryl methyl sites for hydroxylation is 2. The number of rotatable bonds is 12. The lowest BCUT2D eigenvalue weighted by atomic mass is 10.0. The van der Waals surface area contributed by atoms with Crippen LogP contribution in [0.25, 0.3) is 0 Å². The Labute approximate surface area is 282 Å². The number of benzene rings is 4. The summed E-state index contributed by atoms with van der Waals surface area (Å²) in [4.78, 5) is 30.0. The lowest BCUT2D eigenvalue weighted by Gasteiger charge is -2.35. The topological polar surface area (TPSA) is 86.8 Å². The molecule has 10 heteroatoms. The van der Waals surface area contributed by atoms with Gasteiger partial charge in [0.25, 0.3) is 10.0 Å². The van der Waals surface area contributed by atoms with E-state index in [0.717, 1.165) is 21.0 Å². The summed E-state index contributed by atoms with van der Waals surface area (Å²) in [5.41, 5.74) is 4.13. The molecule has 0 saturated heterocycles. The summed E-state index contributed by atoms with van der Waals surface area (Å²) in [6, 6.07) is 25.0. The highest BCUT2D eigenvalue weighted by molar-refractivity contribution is 7.92. The number of anilines is 1. The molecule has 0 heterocycles. The third-order valence-corrected chi connectivity index (χ3v) is 10.3. The van der Waals surface area contributed by atoms with Gasteiger partial charge in [0.05, 0.1) is 10.6 Å². The molecule has 0 unspecified atom stereocenters. The SMILES string of the molecule is Cc1ccc(S(=O)(=O)N(CC(=O)N(Cc2c(Cl)cccc2Cl)[C@@H](Cc2ccccc2)C(=O)NC(C)C)c2cccc(C)c2C)cc1. The molecule has 0 aliphatic carbocycles. The van der Waals surface area contributed by atoms with E-state index in [1.54, 1.807) is 42.5 Å². The summed E-state index contributed by atoms with van der Waals surface area (Å²) >= 11 is 13.2. The lowest BCUT2D eigenvalue weighted by Crippen LogP contribution is -2.54. The molecule has 0 bridgehead atoms. The first-order chi connectivity index (χ1) is 21.8. The van der Waals surface area contributed by atoms with E-state index in [2.05, 4.69) is 5.32 Å². The minimum atomic E-state index is -4.22. The second-order valence-corrected chi connectivity index (χ2v) is 14.3. The zero-order valence-electron chi connectivity index (χ0n) is 26.6. The lowest BCUT2D eigenvalue weighted by molar-refractivity contribution is -0.140. The Hall–Kier alpha value is -3.85. The fourth-order valence-electron chi connectivity index (χ4n) is 5.14. The second-order valence-electron chi connectivity index (χ2n) is 11.6. The summed E-state index contributed by atoms with van der Waals surface area (Å²) < 4.78 is 29.7. The molecule has 4 aromatic rings. The summed E-state index contributed by atoms with van der Waals surface area (Å²) in [6.45, 7) is 8.57. The molecule has 7 nitrogen and oxygen atoms in total. The van der Waals surface area contributed by atoms with Crippen molar-refractivity contribution in [1.29, 1.82) is 0 Å². The van der Waals surface area contributed by atoms with Crippen LogP contribution in [-0.2, 0) is 32.6 Å². The van der Waals surface area contributed by atoms with Crippen LogP contribution >= 0.6 is 23.2 Å². The molecule has 1 atom stereocenters. The third-order valence-electron chi connectivity index (χ3n) is 7.82. The van der Waals surface area contributed by atoms with Crippen molar-refractivity contribution in [2.75, 3.05) is 10.8 Å². The van der Waals surface area contributed by atoms with E-state index in [4.69, 9.17) is 23.2 Å². The van der Waals surface area contributed by atoms with Crippen LogP contribution in [0.2, 0.25) is 10.0 Å². The Kier molecular flexibility index (Phi) is 11.5. The summed E-state index contributed by atoms with van der Waals surface area (Å²) in [6.07, 6.45) is 0.182. The van der Waals surface area contributed by atoms with Gasteiger partial charge in [0, 0.05) is 34.6 Å². The first-order valence-electron chi connectivity index (χ1n) is 15.0. The minimum absolute atomic E-state index is 0.0471. The van der Waals surface area contributed by atoms with Gasteiger partial charge in [-0.1, -0.05) is 89.4 Å². The van der Waals surface area contributed by atoms with Gasteiger partial charge in [0.15, 0.2) is 0 Å². The molecule has 0 aromatic heterocycles. The van der Waals surface area contributed by atoms with Gasteiger partial charge in [-0.05, 0) is 81.6 Å². The molecule has 0 saturated carbocycles. The van der Waals surface area contributed by atoms with Gasteiger partial charge in [-0.15, -0.1) is 0 Å². The second kappa shape index (κ2) is 15.2. The van der Waals surface area contributed by atoms with Crippen molar-refractivity contribution in [2.45, 2.75) is 64.6 Å². The zero-order valence-corrected chi connectivity index (χ0v) is 29.0. The van der Waals surface area contributed by atoms with Crippen molar-refractivity contribution in [3.8, 4) is 0 Å². The van der Waals surface area contributed by atoms with Crippen LogP contribution in [0, 0.1) is 20.8 Å². The molecule has 242 valence electrons. The van der Waals surface area contributed by atoms with Crippen LogP contribution in [0.15, 0.2) is 95.9 Å². The van der Waals surface area contributed by atoms with E-state index in [9.17, 15) is 18.0 Å². The van der Waals surface area contributed by atoms with E-state index in [-0.39, 0.29) is 29.8 Å². The largest absolute Gasteiger partial charge is 0.352 e. The monoisotopic (exact) mass is 679 g/mol. The van der Waals surface area contributed by atoms with Crippen LogP contribution in [0.1, 0.15) is 41.7 Å². The van der Waals surface area contributed by atoms with Gasteiger partial charge in [-0.3, -0.25) is 13.9 Å². The number of nitrogens with one attached hydrogen (secondary N) is 1. The highest BCUT2D eigenvalue weighted by atomic mass is 35.5. The number of carbonyl (C=O) groups excluding carboxylic acids is 2. The molecule has 4 aromatic carbocycles. The maximum Gasteiger partial charge on any atom is 0.264 e. The number of hydrogen-bond donors (Lipinski definition) is 1. The van der Waals surface area contributed by atoms with Gasteiger partial charge < -0.3 is 10.2 Å². The average Bonchev–Trinajstić information content (AvgIpc) is 3.00. The van der Waals surface area contributed by atoms with Gasteiger partial charge in [0.1, 0.15) is 12.6 Å². The van der Waals surface area contributed by atoms with Crippen molar-refractivity contribution < 1.29 is 18.0 Å². The molecular weight excluding hydrogens is 641 g/mol. The highest BCUT2D eigenvalue weighted by Gasteiger charge is 2.36. The fraction of sp³-hybridized carbons (Fsp3) is 0.278. The van der Waals surface area contributed by atoms with Crippen molar-refractivity contribution in [2.24, 2.45) is 0 Å². The maximum atomic E-state index is 14.7. The molecule has 4 rings (SSSR count). The number of nitrogens with zero attached hydrogens (tertiary/aromatic N) is 2. The summed E-state index contributed by atoms with van der Waals surface area (Å²) in [5, 5.41) is 3.60. The summed E-state index contributed by atoms with van der Waals surface area (Å²) in [7, 11) is -4.22. The van der Waals surface area contributed by atoms with E-state index in [0.29, 0.717) is 26.9 Å². The maximum absolute atomic E-state index is 14.7.